The van der Waals surface area contributed by atoms with Crippen molar-refractivity contribution < 1.29 is 9.53 Å². The lowest BCUT2D eigenvalue weighted by molar-refractivity contribution is -0.142. The molecule has 0 radical (unpaired) electrons. The van der Waals surface area contributed by atoms with Gasteiger partial charge in [-0.05, 0) is 42.4 Å². The quantitative estimate of drug-likeness (QED) is 0.793. The van der Waals surface area contributed by atoms with Crippen molar-refractivity contribution in [1.82, 2.24) is 0 Å². The van der Waals surface area contributed by atoms with Crippen molar-refractivity contribution in [1.29, 1.82) is 0 Å². The Kier molecular flexibility index (Phi) is 3.64. The number of benzene rings is 1. The van der Waals surface area contributed by atoms with Crippen LogP contribution in [0.25, 0.3) is 0 Å². The van der Waals surface area contributed by atoms with Gasteiger partial charge in [0.1, 0.15) is 0 Å². The number of carbonyl (C=O) groups is 1. The van der Waals surface area contributed by atoms with Crippen LogP contribution in [0.2, 0.25) is 0 Å². The Morgan fingerprint density at radius 3 is 2.88 bits per heavy atom. The fraction of sp³-hybridized carbons (Fsp3) is 0.462. The molecule has 0 N–H and O–H groups in total. The molecule has 1 aromatic carbocycles. The molecular weight excluding hydrogens is 268 g/mol. The SMILES string of the molecule is COC(=O)CC1CCC1c1cccc(Br)c1. The van der Waals surface area contributed by atoms with E-state index in [0.29, 0.717) is 18.3 Å². The van der Waals surface area contributed by atoms with Gasteiger partial charge in [0, 0.05) is 10.9 Å². The van der Waals surface area contributed by atoms with E-state index in [1.54, 1.807) is 0 Å². The second-order valence-corrected chi connectivity index (χ2v) is 5.19. The minimum Gasteiger partial charge on any atom is -0.469 e. The lowest BCUT2D eigenvalue weighted by atomic mass is 9.68. The predicted molar refractivity (Wildman–Crippen MR) is 66.2 cm³/mol. The number of methoxy groups -OCH3 is 1. The van der Waals surface area contributed by atoms with Gasteiger partial charge in [-0.3, -0.25) is 4.79 Å². The third-order valence-electron chi connectivity index (χ3n) is 3.35. The van der Waals surface area contributed by atoms with Gasteiger partial charge in [-0.25, -0.2) is 0 Å². The molecule has 1 aromatic rings. The van der Waals surface area contributed by atoms with Crippen LogP contribution in [0, 0.1) is 5.92 Å². The van der Waals surface area contributed by atoms with Gasteiger partial charge in [0.05, 0.1) is 7.11 Å². The van der Waals surface area contributed by atoms with E-state index in [4.69, 9.17) is 4.74 Å². The maximum Gasteiger partial charge on any atom is 0.305 e. The smallest absolute Gasteiger partial charge is 0.305 e. The van der Waals surface area contributed by atoms with Crippen LogP contribution in [0.1, 0.15) is 30.7 Å². The first-order chi connectivity index (χ1) is 7.70. The summed E-state index contributed by atoms with van der Waals surface area (Å²) >= 11 is 3.48. The van der Waals surface area contributed by atoms with Crippen molar-refractivity contribution in [2.45, 2.75) is 25.2 Å². The first-order valence-electron chi connectivity index (χ1n) is 5.53. The third-order valence-corrected chi connectivity index (χ3v) is 3.84. The summed E-state index contributed by atoms with van der Waals surface area (Å²) in [4.78, 5) is 11.2. The lowest BCUT2D eigenvalue weighted by Gasteiger charge is -2.36. The van der Waals surface area contributed by atoms with Gasteiger partial charge in [-0.2, -0.15) is 0 Å². The van der Waals surface area contributed by atoms with Gasteiger partial charge in [-0.1, -0.05) is 28.1 Å². The van der Waals surface area contributed by atoms with Gasteiger partial charge in [0.2, 0.25) is 0 Å². The van der Waals surface area contributed by atoms with E-state index in [9.17, 15) is 4.79 Å². The summed E-state index contributed by atoms with van der Waals surface area (Å²) in [6.07, 6.45) is 2.86. The van der Waals surface area contributed by atoms with Crippen molar-refractivity contribution in [2.24, 2.45) is 5.92 Å². The molecule has 0 amide bonds. The number of esters is 1. The zero-order valence-corrected chi connectivity index (χ0v) is 10.9. The number of hydrogen-bond donors (Lipinski definition) is 0. The molecule has 16 heavy (non-hydrogen) atoms. The molecule has 0 spiro atoms. The van der Waals surface area contributed by atoms with Gasteiger partial charge in [0.15, 0.2) is 0 Å². The molecule has 1 saturated carbocycles. The average Bonchev–Trinajstić information content (AvgIpc) is 2.24. The Bertz CT molecular complexity index is 389. The second-order valence-electron chi connectivity index (χ2n) is 4.28. The molecule has 86 valence electrons. The molecule has 0 heterocycles. The topological polar surface area (TPSA) is 26.3 Å². The van der Waals surface area contributed by atoms with Gasteiger partial charge in [0.25, 0.3) is 0 Å². The Balaban J connectivity index is 2.03. The van der Waals surface area contributed by atoms with E-state index in [0.717, 1.165) is 10.9 Å². The van der Waals surface area contributed by atoms with Crippen molar-refractivity contribution >= 4 is 21.9 Å². The number of ether oxygens (including phenoxy) is 1. The van der Waals surface area contributed by atoms with Crippen LogP contribution in [0.15, 0.2) is 28.7 Å². The molecule has 2 atom stereocenters. The zero-order chi connectivity index (χ0) is 11.5. The second kappa shape index (κ2) is 5.00. The Hall–Kier alpha value is -0.830. The molecule has 1 fully saturated rings. The summed E-state index contributed by atoms with van der Waals surface area (Å²) in [5, 5.41) is 0. The van der Waals surface area contributed by atoms with Crippen LogP contribution in [0.5, 0.6) is 0 Å². The maximum atomic E-state index is 11.2. The fourth-order valence-electron chi connectivity index (χ4n) is 2.29. The molecule has 0 aromatic heterocycles. The number of carbonyl (C=O) groups excluding carboxylic acids is 1. The summed E-state index contributed by atoms with van der Waals surface area (Å²) in [5.41, 5.74) is 1.33. The first-order valence-corrected chi connectivity index (χ1v) is 6.32. The highest BCUT2D eigenvalue weighted by Crippen LogP contribution is 2.44. The van der Waals surface area contributed by atoms with E-state index in [1.807, 2.05) is 12.1 Å². The molecular formula is C13H15BrO2. The standard InChI is InChI=1S/C13H15BrO2/c1-16-13(15)8-10-5-6-12(10)9-3-2-4-11(14)7-9/h2-4,7,10,12H,5-6,8H2,1H3. The summed E-state index contributed by atoms with van der Waals surface area (Å²) in [5.74, 6) is 0.892. The minimum absolute atomic E-state index is 0.0929. The monoisotopic (exact) mass is 282 g/mol. The van der Waals surface area contributed by atoms with Crippen LogP contribution in [0.4, 0.5) is 0 Å². The molecule has 1 aliphatic carbocycles. The molecule has 2 rings (SSSR count). The number of halogens is 1. The Morgan fingerprint density at radius 1 is 1.50 bits per heavy atom. The average molecular weight is 283 g/mol. The molecule has 2 nitrogen and oxygen atoms in total. The van der Waals surface area contributed by atoms with E-state index in [2.05, 4.69) is 28.1 Å². The molecule has 0 bridgehead atoms. The Morgan fingerprint density at radius 2 is 2.31 bits per heavy atom. The highest BCUT2D eigenvalue weighted by atomic mass is 79.9. The van der Waals surface area contributed by atoms with Crippen LogP contribution in [0.3, 0.4) is 0 Å². The summed E-state index contributed by atoms with van der Waals surface area (Å²) < 4.78 is 5.82. The lowest BCUT2D eigenvalue weighted by Crippen LogP contribution is -2.26. The molecule has 3 heteroatoms. The molecule has 1 aliphatic rings. The first kappa shape index (κ1) is 11.6. The molecule has 0 saturated heterocycles. The minimum atomic E-state index is -0.0929. The van der Waals surface area contributed by atoms with E-state index in [-0.39, 0.29) is 5.97 Å². The van der Waals surface area contributed by atoms with Gasteiger partial charge in [-0.15, -0.1) is 0 Å². The van der Waals surface area contributed by atoms with Gasteiger partial charge >= 0.3 is 5.97 Å². The highest BCUT2D eigenvalue weighted by molar-refractivity contribution is 9.10. The van der Waals surface area contributed by atoms with E-state index in [1.165, 1.54) is 19.1 Å². The van der Waals surface area contributed by atoms with E-state index >= 15 is 0 Å². The third kappa shape index (κ3) is 2.46. The summed E-state index contributed by atoms with van der Waals surface area (Å²) in [6, 6.07) is 8.36. The van der Waals surface area contributed by atoms with Crippen LogP contribution in [-0.4, -0.2) is 13.1 Å². The normalized spacial score (nSPS) is 23.6. The molecule has 0 aliphatic heterocycles. The largest absolute Gasteiger partial charge is 0.469 e. The number of hydrogen-bond acceptors (Lipinski definition) is 2. The zero-order valence-electron chi connectivity index (χ0n) is 9.28. The van der Waals surface area contributed by atoms with Crippen molar-refractivity contribution in [3.05, 3.63) is 34.3 Å². The van der Waals surface area contributed by atoms with Crippen LogP contribution >= 0.6 is 15.9 Å². The van der Waals surface area contributed by atoms with Crippen molar-refractivity contribution in [3.8, 4) is 0 Å². The highest BCUT2D eigenvalue weighted by Gasteiger charge is 2.33. The Labute approximate surface area is 104 Å². The summed E-state index contributed by atoms with van der Waals surface area (Å²) in [6.45, 7) is 0. The number of rotatable bonds is 3. The van der Waals surface area contributed by atoms with Crippen LogP contribution in [-0.2, 0) is 9.53 Å². The van der Waals surface area contributed by atoms with E-state index < -0.39 is 0 Å². The molecule has 2 unspecified atom stereocenters. The van der Waals surface area contributed by atoms with Gasteiger partial charge < -0.3 is 4.74 Å². The predicted octanol–water partition coefficient (Wildman–Crippen LogP) is 3.51. The maximum absolute atomic E-state index is 11.2. The fourth-order valence-corrected chi connectivity index (χ4v) is 2.70. The van der Waals surface area contributed by atoms with Crippen LogP contribution < -0.4 is 0 Å². The van der Waals surface area contributed by atoms with Crippen molar-refractivity contribution in [2.75, 3.05) is 7.11 Å². The van der Waals surface area contributed by atoms with Crippen molar-refractivity contribution in [3.63, 3.8) is 0 Å². The summed E-state index contributed by atoms with van der Waals surface area (Å²) in [7, 11) is 1.45.